The summed E-state index contributed by atoms with van der Waals surface area (Å²) in [4.78, 5) is 0. The van der Waals surface area contributed by atoms with Crippen LogP contribution in [0.3, 0.4) is 0 Å². The van der Waals surface area contributed by atoms with E-state index < -0.39 is 0 Å². The Hall–Kier alpha value is -1.01. The predicted molar refractivity (Wildman–Crippen MR) is 60.8 cm³/mol. The van der Waals surface area contributed by atoms with E-state index in [1.807, 2.05) is 13.0 Å². The number of rotatable bonds is 3. The van der Waals surface area contributed by atoms with Crippen LogP contribution in [0.25, 0.3) is 0 Å². The van der Waals surface area contributed by atoms with Gasteiger partial charge in [-0.3, -0.25) is 0 Å². The average molecular weight is 256 g/mol. The summed E-state index contributed by atoms with van der Waals surface area (Å²) < 4.78 is 14.1. The van der Waals surface area contributed by atoms with Crippen LogP contribution >= 0.6 is 15.9 Å². The van der Waals surface area contributed by atoms with Gasteiger partial charge in [0.25, 0.3) is 0 Å². The Bertz CT molecular complexity index is 345. The minimum Gasteiger partial charge on any atom is -0.382 e. The molecule has 1 nitrogen and oxygen atoms in total. The largest absolute Gasteiger partial charge is 0.382 e. The lowest BCUT2D eigenvalue weighted by atomic mass is 10.2. The maximum atomic E-state index is 13.4. The summed E-state index contributed by atoms with van der Waals surface area (Å²) in [5, 5.41) is 2.97. The standard InChI is InChI=1S/C11H11BrFN/c1-3-4-5-14-11-8(2)6-9(12)7-10(11)13/h1,6-7,14H,4-5H2,2H3. The minimum absolute atomic E-state index is 0.256. The second kappa shape index (κ2) is 5.02. The lowest BCUT2D eigenvalue weighted by Crippen LogP contribution is -2.04. The van der Waals surface area contributed by atoms with Gasteiger partial charge in [0, 0.05) is 17.4 Å². The first-order valence-electron chi connectivity index (χ1n) is 4.28. The highest BCUT2D eigenvalue weighted by Crippen LogP contribution is 2.24. The van der Waals surface area contributed by atoms with Gasteiger partial charge in [-0.25, -0.2) is 4.39 Å². The number of benzene rings is 1. The molecule has 0 aliphatic carbocycles. The second-order valence-electron chi connectivity index (χ2n) is 2.96. The summed E-state index contributed by atoms with van der Waals surface area (Å²) >= 11 is 3.23. The number of aryl methyl sites for hydroxylation is 1. The number of hydrogen-bond donors (Lipinski definition) is 1. The van der Waals surface area contributed by atoms with E-state index in [1.165, 1.54) is 6.07 Å². The van der Waals surface area contributed by atoms with E-state index >= 15 is 0 Å². The van der Waals surface area contributed by atoms with E-state index in [4.69, 9.17) is 6.42 Å². The molecule has 0 bridgehead atoms. The molecule has 0 spiro atoms. The highest BCUT2D eigenvalue weighted by Gasteiger charge is 2.05. The molecule has 14 heavy (non-hydrogen) atoms. The second-order valence-corrected chi connectivity index (χ2v) is 3.88. The highest BCUT2D eigenvalue weighted by atomic mass is 79.9. The van der Waals surface area contributed by atoms with Gasteiger partial charge in [-0.1, -0.05) is 15.9 Å². The van der Waals surface area contributed by atoms with Crippen LogP contribution in [0, 0.1) is 25.1 Å². The first-order chi connectivity index (χ1) is 6.65. The number of terminal acetylenes is 1. The van der Waals surface area contributed by atoms with Crippen LogP contribution in [0.15, 0.2) is 16.6 Å². The predicted octanol–water partition coefficient (Wildman–Crippen LogP) is 3.33. The van der Waals surface area contributed by atoms with E-state index in [-0.39, 0.29) is 5.82 Å². The van der Waals surface area contributed by atoms with Crippen molar-refractivity contribution in [2.75, 3.05) is 11.9 Å². The first kappa shape index (κ1) is 11.1. The van der Waals surface area contributed by atoms with Crippen molar-refractivity contribution in [1.29, 1.82) is 0 Å². The van der Waals surface area contributed by atoms with Crippen molar-refractivity contribution in [3.05, 3.63) is 28.0 Å². The quantitative estimate of drug-likeness (QED) is 0.646. The maximum absolute atomic E-state index is 13.4. The number of halogens is 2. The Morgan fingerprint density at radius 1 is 1.57 bits per heavy atom. The molecule has 0 unspecified atom stereocenters. The molecule has 0 radical (unpaired) electrons. The third-order valence-corrected chi connectivity index (χ3v) is 2.28. The van der Waals surface area contributed by atoms with Crippen LogP contribution in [0.5, 0.6) is 0 Å². The molecule has 1 rings (SSSR count). The fourth-order valence-electron chi connectivity index (χ4n) is 1.19. The zero-order chi connectivity index (χ0) is 10.6. The molecule has 0 aliphatic rings. The zero-order valence-electron chi connectivity index (χ0n) is 7.90. The van der Waals surface area contributed by atoms with Gasteiger partial charge in [-0.05, 0) is 24.6 Å². The molecule has 0 saturated carbocycles. The maximum Gasteiger partial charge on any atom is 0.147 e. The summed E-state index contributed by atoms with van der Waals surface area (Å²) in [5.74, 6) is 2.24. The molecule has 74 valence electrons. The molecule has 1 aromatic rings. The molecular formula is C11H11BrFN. The van der Waals surface area contributed by atoms with Crippen LogP contribution in [0.2, 0.25) is 0 Å². The summed E-state index contributed by atoms with van der Waals surface area (Å²) in [6, 6.07) is 3.30. The van der Waals surface area contributed by atoms with Gasteiger partial charge >= 0.3 is 0 Å². The van der Waals surface area contributed by atoms with E-state index in [1.54, 1.807) is 0 Å². The Labute approximate surface area is 91.8 Å². The molecule has 1 N–H and O–H groups in total. The van der Waals surface area contributed by atoms with Crippen molar-refractivity contribution in [3.63, 3.8) is 0 Å². The highest BCUT2D eigenvalue weighted by molar-refractivity contribution is 9.10. The van der Waals surface area contributed by atoms with Gasteiger partial charge in [0.05, 0.1) is 5.69 Å². The van der Waals surface area contributed by atoms with Crippen molar-refractivity contribution in [1.82, 2.24) is 0 Å². The number of hydrogen-bond acceptors (Lipinski definition) is 1. The molecule has 0 aromatic heterocycles. The van der Waals surface area contributed by atoms with Crippen LogP contribution in [-0.4, -0.2) is 6.54 Å². The Morgan fingerprint density at radius 3 is 2.86 bits per heavy atom. The zero-order valence-corrected chi connectivity index (χ0v) is 9.49. The van der Waals surface area contributed by atoms with Gasteiger partial charge < -0.3 is 5.32 Å². The molecule has 0 atom stereocenters. The third kappa shape index (κ3) is 2.74. The molecule has 0 heterocycles. The fourth-order valence-corrected chi connectivity index (χ4v) is 1.73. The lowest BCUT2D eigenvalue weighted by Gasteiger charge is -2.09. The number of anilines is 1. The van der Waals surface area contributed by atoms with Crippen LogP contribution < -0.4 is 5.32 Å². The Morgan fingerprint density at radius 2 is 2.29 bits per heavy atom. The van der Waals surface area contributed by atoms with Gasteiger partial charge in [-0.2, -0.15) is 0 Å². The first-order valence-corrected chi connectivity index (χ1v) is 5.07. The average Bonchev–Trinajstić information content (AvgIpc) is 2.09. The van der Waals surface area contributed by atoms with Crippen molar-refractivity contribution in [3.8, 4) is 12.3 Å². The minimum atomic E-state index is -0.256. The van der Waals surface area contributed by atoms with Crippen LogP contribution in [0.1, 0.15) is 12.0 Å². The summed E-state index contributed by atoms with van der Waals surface area (Å²) in [6.45, 7) is 2.45. The van der Waals surface area contributed by atoms with E-state index in [9.17, 15) is 4.39 Å². The van der Waals surface area contributed by atoms with E-state index in [2.05, 4.69) is 27.2 Å². The normalized spacial score (nSPS) is 9.57. The van der Waals surface area contributed by atoms with E-state index in [0.29, 0.717) is 18.7 Å². The number of nitrogens with one attached hydrogen (secondary N) is 1. The molecule has 0 saturated heterocycles. The van der Waals surface area contributed by atoms with Gasteiger partial charge in [0.1, 0.15) is 5.82 Å². The van der Waals surface area contributed by atoms with Crippen molar-refractivity contribution in [2.24, 2.45) is 0 Å². The van der Waals surface area contributed by atoms with Gasteiger partial charge in [0.2, 0.25) is 0 Å². The molecule has 3 heteroatoms. The van der Waals surface area contributed by atoms with Crippen molar-refractivity contribution in [2.45, 2.75) is 13.3 Å². The van der Waals surface area contributed by atoms with Crippen molar-refractivity contribution < 1.29 is 4.39 Å². The SMILES string of the molecule is C#CCCNc1c(C)cc(Br)cc1F. The monoisotopic (exact) mass is 255 g/mol. The van der Waals surface area contributed by atoms with E-state index in [0.717, 1.165) is 10.0 Å². The summed E-state index contributed by atoms with van der Waals surface area (Å²) in [7, 11) is 0. The summed E-state index contributed by atoms with van der Waals surface area (Å²) in [5.41, 5.74) is 1.40. The third-order valence-electron chi connectivity index (χ3n) is 1.82. The van der Waals surface area contributed by atoms with Gasteiger partial charge in [-0.15, -0.1) is 12.3 Å². The smallest absolute Gasteiger partial charge is 0.147 e. The lowest BCUT2D eigenvalue weighted by molar-refractivity contribution is 0.628. The van der Waals surface area contributed by atoms with Crippen LogP contribution in [-0.2, 0) is 0 Å². The van der Waals surface area contributed by atoms with Gasteiger partial charge in [0.15, 0.2) is 0 Å². The Balaban J connectivity index is 2.81. The van der Waals surface area contributed by atoms with Crippen LogP contribution in [0.4, 0.5) is 10.1 Å². The topological polar surface area (TPSA) is 12.0 Å². The fraction of sp³-hybridized carbons (Fsp3) is 0.273. The molecule has 0 aliphatic heterocycles. The molecule has 0 amide bonds. The molecule has 0 fully saturated rings. The Kier molecular flexibility index (Phi) is 3.97. The molecular weight excluding hydrogens is 245 g/mol. The van der Waals surface area contributed by atoms with Crippen molar-refractivity contribution >= 4 is 21.6 Å². The molecule has 1 aromatic carbocycles. The summed E-state index contributed by atoms with van der Waals surface area (Å²) in [6.07, 6.45) is 5.69.